The van der Waals surface area contributed by atoms with Crippen LogP contribution in [0.5, 0.6) is 5.75 Å². The average Bonchev–Trinajstić information content (AvgIpc) is 2.57. The highest BCUT2D eigenvalue weighted by atomic mass is 16.5. The number of nitrogens with one attached hydrogen (secondary N) is 1. The maximum Gasteiger partial charge on any atom is 0.120 e. The molecule has 0 aliphatic heterocycles. The molecule has 0 saturated carbocycles. The molecule has 120 valence electrons. The molecule has 2 heteroatoms. The Morgan fingerprint density at radius 3 is 2.18 bits per heavy atom. The molecule has 2 nitrogen and oxygen atoms in total. The van der Waals surface area contributed by atoms with E-state index in [0.717, 1.165) is 12.3 Å². The molecule has 0 heterocycles. The Morgan fingerprint density at radius 2 is 1.59 bits per heavy atom. The third-order valence-electron chi connectivity index (χ3n) is 2.53. The van der Waals surface area contributed by atoms with Crippen molar-refractivity contribution in [3.05, 3.63) is 78.4 Å². The van der Waals surface area contributed by atoms with Gasteiger partial charge in [0.05, 0.1) is 0 Å². The summed E-state index contributed by atoms with van der Waals surface area (Å²) in [7, 11) is 1.94. The van der Waals surface area contributed by atoms with Crippen LogP contribution in [0.3, 0.4) is 0 Å². The quantitative estimate of drug-likeness (QED) is 0.766. The van der Waals surface area contributed by atoms with Gasteiger partial charge in [-0.1, -0.05) is 62.4 Å². The van der Waals surface area contributed by atoms with Crippen LogP contribution in [-0.4, -0.2) is 7.05 Å². The van der Waals surface area contributed by atoms with Gasteiger partial charge in [-0.3, -0.25) is 0 Å². The minimum Gasteiger partial charge on any atom is -0.489 e. The second-order valence-electron chi connectivity index (χ2n) is 4.36. The maximum atomic E-state index is 5.75. The molecule has 0 aliphatic carbocycles. The predicted molar refractivity (Wildman–Crippen MR) is 97.2 cm³/mol. The van der Waals surface area contributed by atoms with Crippen molar-refractivity contribution in [2.75, 3.05) is 7.05 Å². The van der Waals surface area contributed by atoms with Crippen LogP contribution in [0.2, 0.25) is 0 Å². The van der Waals surface area contributed by atoms with E-state index in [9.17, 15) is 0 Å². The van der Waals surface area contributed by atoms with Crippen molar-refractivity contribution in [2.45, 2.75) is 33.9 Å². The van der Waals surface area contributed by atoms with Crippen molar-refractivity contribution < 1.29 is 4.74 Å². The zero-order valence-electron chi connectivity index (χ0n) is 14.3. The lowest BCUT2D eigenvalue weighted by molar-refractivity contribution is 0.306. The van der Waals surface area contributed by atoms with Crippen molar-refractivity contribution >= 4 is 0 Å². The monoisotopic (exact) mass is 299 g/mol. The highest BCUT2D eigenvalue weighted by molar-refractivity contribution is 5.28. The zero-order chi connectivity index (χ0) is 16.6. The van der Waals surface area contributed by atoms with Gasteiger partial charge in [-0.15, -0.1) is 6.58 Å². The lowest BCUT2D eigenvalue weighted by atomic mass is 10.2. The first-order valence-electron chi connectivity index (χ1n) is 7.77. The molecule has 0 unspecified atom stereocenters. The predicted octanol–water partition coefficient (Wildman–Crippen LogP) is 5.20. The number of hydrogen-bond acceptors (Lipinski definition) is 2. The summed E-state index contributed by atoms with van der Waals surface area (Å²) in [5.41, 5.74) is 2.42. The lowest BCUT2D eigenvalue weighted by Crippen LogP contribution is -2.05. The van der Waals surface area contributed by atoms with Gasteiger partial charge in [0.2, 0.25) is 0 Å². The van der Waals surface area contributed by atoms with E-state index in [2.05, 4.69) is 36.2 Å². The summed E-state index contributed by atoms with van der Waals surface area (Å²) in [5.74, 6) is 0.918. The van der Waals surface area contributed by atoms with Crippen LogP contribution in [0.1, 0.15) is 31.9 Å². The SMILES string of the molecule is C=CC.CC.CNCc1cccc(OCc2ccccc2)c1. The molecule has 0 aromatic heterocycles. The Morgan fingerprint density at radius 1 is 1.00 bits per heavy atom. The topological polar surface area (TPSA) is 21.3 Å². The summed E-state index contributed by atoms with van der Waals surface area (Å²) in [6.07, 6.45) is 1.75. The highest BCUT2D eigenvalue weighted by Crippen LogP contribution is 2.15. The van der Waals surface area contributed by atoms with E-state index in [1.807, 2.05) is 58.2 Å². The summed E-state index contributed by atoms with van der Waals surface area (Å²) in [6, 6.07) is 18.4. The van der Waals surface area contributed by atoms with E-state index in [1.165, 1.54) is 11.1 Å². The summed E-state index contributed by atoms with van der Waals surface area (Å²) < 4.78 is 5.75. The summed E-state index contributed by atoms with van der Waals surface area (Å²) in [4.78, 5) is 0. The lowest BCUT2D eigenvalue weighted by Gasteiger charge is -2.08. The van der Waals surface area contributed by atoms with E-state index in [4.69, 9.17) is 4.74 Å². The smallest absolute Gasteiger partial charge is 0.120 e. The fourth-order valence-corrected chi connectivity index (χ4v) is 1.69. The van der Waals surface area contributed by atoms with Gasteiger partial charge in [0, 0.05) is 6.54 Å². The van der Waals surface area contributed by atoms with E-state index < -0.39 is 0 Å². The van der Waals surface area contributed by atoms with Gasteiger partial charge in [-0.05, 0) is 37.2 Å². The number of allylic oxidation sites excluding steroid dienone is 1. The zero-order valence-corrected chi connectivity index (χ0v) is 14.3. The van der Waals surface area contributed by atoms with Crippen LogP contribution in [0.25, 0.3) is 0 Å². The van der Waals surface area contributed by atoms with Gasteiger partial charge in [0.25, 0.3) is 0 Å². The fourth-order valence-electron chi connectivity index (χ4n) is 1.69. The first kappa shape index (κ1) is 19.9. The molecule has 2 aromatic rings. The molecule has 0 atom stereocenters. The van der Waals surface area contributed by atoms with E-state index in [-0.39, 0.29) is 0 Å². The molecular weight excluding hydrogens is 270 g/mol. The molecule has 0 aliphatic rings. The minimum absolute atomic E-state index is 0.615. The molecule has 0 spiro atoms. The molecule has 2 rings (SSSR count). The van der Waals surface area contributed by atoms with Gasteiger partial charge >= 0.3 is 0 Å². The third-order valence-corrected chi connectivity index (χ3v) is 2.53. The Labute approximate surface area is 135 Å². The highest BCUT2D eigenvalue weighted by Gasteiger charge is 1.97. The second kappa shape index (κ2) is 13.9. The van der Waals surface area contributed by atoms with E-state index in [0.29, 0.717) is 6.61 Å². The fraction of sp³-hybridized carbons (Fsp3) is 0.300. The molecule has 0 amide bonds. The van der Waals surface area contributed by atoms with Crippen LogP contribution in [0.4, 0.5) is 0 Å². The van der Waals surface area contributed by atoms with E-state index in [1.54, 1.807) is 6.08 Å². The molecule has 22 heavy (non-hydrogen) atoms. The average molecular weight is 299 g/mol. The van der Waals surface area contributed by atoms with Gasteiger partial charge in [0.1, 0.15) is 12.4 Å². The standard InChI is InChI=1S/C15H17NO.C3H6.C2H6/c1-16-11-14-8-5-9-15(10-14)17-12-13-6-3-2-4-7-13;1-3-2;1-2/h2-10,16H,11-12H2,1H3;3H,1H2,2H3;1-2H3. The first-order valence-corrected chi connectivity index (χ1v) is 7.77. The van der Waals surface area contributed by atoms with Crippen molar-refractivity contribution in [2.24, 2.45) is 0 Å². The van der Waals surface area contributed by atoms with Gasteiger partial charge in [-0.2, -0.15) is 0 Å². The van der Waals surface area contributed by atoms with Crippen molar-refractivity contribution in [1.82, 2.24) is 5.32 Å². The van der Waals surface area contributed by atoms with Crippen LogP contribution in [0, 0.1) is 0 Å². The summed E-state index contributed by atoms with van der Waals surface area (Å²) >= 11 is 0. The van der Waals surface area contributed by atoms with Gasteiger partial charge in [0.15, 0.2) is 0 Å². The maximum absolute atomic E-state index is 5.75. The van der Waals surface area contributed by atoms with Crippen LogP contribution in [0.15, 0.2) is 67.3 Å². The van der Waals surface area contributed by atoms with Crippen molar-refractivity contribution in [3.63, 3.8) is 0 Å². The Kier molecular flexibility index (Phi) is 12.6. The summed E-state index contributed by atoms with van der Waals surface area (Å²) in [5, 5.41) is 3.13. The first-order chi connectivity index (χ1) is 10.8. The van der Waals surface area contributed by atoms with Crippen molar-refractivity contribution in [1.29, 1.82) is 0 Å². The Bertz CT molecular complexity index is 494. The Balaban J connectivity index is 0.000000789. The number of rotatable bonds is 5. The van der Waals surface area contributed by atoms with Gasteiger partial charge < -0.3 is 10.1 Å². The van der Waals surface area contributed by atoms with Crippen molar-refractivity contribution in [3.8, 4) is 5.75 Å². The normalized spacial score (nSPS) is 8.73. The second-order valence-corrected chi connectivity index (χ2v) is 4.36. The summed E-state index contributed by atoms with van der Waals surface area (Å²) in [6.45, 7) is 10.7. The molecule has 0 bridgehead atoms. The molecule has 2 aromatic carbocycles. The number of ether oxygens (including phenoxy) is 1. The molecular formula is C20H29NO. The van der Waals surface area contributed by atoms with Crippen LogP contribution < -0.4 is 10.1 Å². The molecule has 0 fully saturated rings. The molecule has 0 radical (unpaired) electrons. The Hall–Kier alpha value is -2.06. The largest absolute Gasteiger partial charge is 0.489 e. The minimum atomic E-state index is 0.615. The van der Waals surface area contributed by atoms with Crippen LogP contribution in [-0.2, 0) is 13.2 Å². The third kappa shape index (κ3) is 8.98. The number of hydrogen-bond donors (Lipinski definition) is 1. The van der Waals surface area contributed by atoms with Gasteiger partial charge in [-0.25, -0.2) is 0 Å². The number of benzene rings is 2. The van der Waals surface area contributed by atoms with E-state index >= 15 is 0 Å². The van der Waals surface area contributed by atoms with Crippen LogP contribution >= 0.6 is 0 Å². The molecule has 0 saturated heterocycles. The molecule has 1 N–H and O–H groups in total.